The van der Waals surface area contributed by atoms with Crippen LogP contribution >= 0.6 is 11.3 Å². The number of carboxylic acid groups (broad SMARTS) is 1. The molecule has 1 spiro atoms. The van der Waals surface area contributed by atoms with Gasteiger partial charge in [-0.2, -0.15) is 0 Å². The van der Waals surface area contributed by atoms with Crippen molar-refractivity contribution in [2.24, 2.45) is 5.73 Å². The lowest BCUT2D eigenvalue weighted by Crippen LogP contribution is -2.52. The first-order valence-electron chi connectivity index (χ1n) is 6.89. The van der Waals surface area contributed by atoms with Gasteiger partial charge in [0.1, 0.15) is 0 Å². The Kier molecular flexibility index (Phi) is 3.67. The second-order valence-corrected chi connectivity index (χ2v) is 8.91. The molecule has 0 bridgehead atoms. The number of piperidine rings is 1. The van der Waals surface area contributed by atoms with E-state index in [1.165, 1.54) is 11.1 Å². The van der Waals surface area contributed by atoms with Crippen molar-refractivity contribution in [3.8, 4) is 0 Å². The number of ether oxygens (including phenoxy) is 1. The van der Waals surface area contributed by atoms with Crippen molar-refractivity contribution in [2.45, 2.75) is 40.7 Å². The van der Waals surface area contributed by atoms with Crippen LogP contribution in [-0.4, -0.2) is 53.2 Å². The minimum absolute atomic E-state index is 0.0463. The predicted molar refractivity (Wildman–Crippen MR) is 78.1 cm³/mol. The zero-order valence-electron chi connectivity index (χ0n) is 11.8. The number of aromatic nitrogens is 1. The van der Waals surface area contributed by atoms with E-state index in [9.17, 15) is 13.2 Å². The van der Waals surface area contributed by atoms with Crippen LogP contribution in [0.15, 0.2) is 15.9 Å². The Bertz CT molecular complexity index is 667. The SMILES string of the molecule is NC1(S(=O)(=O)c2nccs2)CCC2(CCN(C(=O)O)CC2)O1. The van der Waals surface area contributed by atoms with Gasteiger partial charge in [0.25, 0.3) is 0 Å². The summed E-state index contributed by atoms with van der Waals surface area (Å²) in [5.41, 5.74) is 5.39. The molecule has 22 heavy (non-hydrogen) atoms. The summed E-state index contributed by atoms with van der Waals surface area (Å²) in [7, 11) is -3.87. The van der Waals surface area contributed by atoms with E-state index in [0.717, 1.165) is 11.3 Å². The largest absolute Gasteiger partial charge is 0.465 e. The normalized spacial score (nSPS) is 28.1. The van der Waals surface area contributed by atoms with Gasteiger partial charge < -0.3 is 14.7 Å². The highest BCUT2D eigenvalue weighted by molar-refractivity contribution is 7.94. The zero-order chi connectivity index (χ0) is 16.0. The molecule has 8 nitrogen and oxygen atoms in total. The Balaban J connectivity index is 1.79. The third-order valence-corrected chi connectivity index (χ3v) is 7.63. The number of hydrogen-bond acceptors (Lipinski definition) is 7. The lowest BCUT2D eigenvalue weighted by Gasteiger charge is -2.39. The Morgan fingerprint density at radius 2 is 2.05 bits per heavy atom. The standard InChI is InChI=1S/C12H17N3O5S2/c13-12(22(18,19)9-14-5-8-21-9)2-1-11(20-12)3-6-15(7-4-11)10(16)17/h5,8H,1-4,6-7,13H2,(H,16,17). The van der Waals surface area contributed by atoms with Gasteiger partial charge in [-0.3, -0.25) is 5.73 Å². The molecule has 2 aliphatic heterocycles. The zero-order valence-corrected chi connectivity index (χ0v) is 13.4. The van der Waals surface area contributed by atoms with Crippen molar-refractivity contribution in [1.29, 1.82) is 0 Å². The van der Waals surface area contributed by atoms with Gasteiger partial charge in [-0.15, -0.1) is 11.3 Å². The van der Waals surface area contributed by atoms with Gasteiger partial charge in [0.2, 0.25) is 19.2 Å². The molecule has 1 amide bonds. The molecular formula is C12H17N3O5S2. The van der Waals surface area contributed by atoms with Gasteiger partial charge >= 0.3 is 6.09 Å². The summed E-state index contributed by atoms with van der Waals surface area (Å²) in [5.74, 6) is 0. The highest BCUT2D eigenvalue weighted by Crippen LogP contribution is 2.45. The molecule has 1 atom stereocenters. The molecular weight excluding hydrogens is 330 g/mol. The number of nitrogens with two attached hydrogens (primary N) is 1. The molecule has 0 aromatic carbocycles. The average Bonchev–Trinajstić information content (AvgIpc) is 3.09. The maximum atomic E-state index is 12.6. The third kappa shape index (κ3) is 2.39. The fourth-order valence-corrected chi connectivity index (χ4v) is 5.62. The number of likely N-dealkylation sites (tertiary alicyclic amines) is 1. The summed E-state index contributed by atoms with van der Waals surface area (Å²) < 4.78 is 31.0. The van der Waals surface area contributed by atoms with Crippen molar-refractivity contribution in [1.82, 2.24) is 9.88 Å². The van der Waals surface area contributed by atoms with E-state index in [1.807, 2.05) is 0 Å². The molecule has 3 rings (SSSR count). The highest BCUT2D eigenvalue weighted by atomic mass is 32.2. The molecule has 0 aliphatic carbocycles. The van der Waals surface area contributed by atoms with Gasteiger partial charge in [-0.1, -0.05) is 0 Å². The average molecular weight is 347 g/mol. The number of hydrogen-bond donors (Lipinski definition) is 2. The summed E-state index contributed by atoms with van der Waals surface area (Å²) in [5, 5.41) is 8.78. The molecule has 2 aliphatic rings. The van der Waals surface area contributed by atoms with Gasteiger partial charge in [0.15, 0.2) is 0 Å². The Labute approximate surface area is 131 Å². The molecule has 3 heterocycles. The van der Waals surface area contributed by atoms with E-state index >= 15 is 0 Å². The van der Waals surface area contributed by atoms with Crippen LogP contribution in [0.4, 0.5) is 4.79 Å². The van der Waals surface area contributed by atoms with E-state index in [4.69, 9.17) is 15.6 Å². The first-order valence-corrected chi connectivity index (χ1v) is 9.25. The number of nitrogens with zero attached hydrogens (tertiary/aromatic N) is 2. The van der Waals surface area contributed by atoms with Crippen molar-refractivity contribution < 1.29 is 23.1 Å². The third-order valence-electron chi connectivity index (χ3n) is 4.36. The van der Waals surface area contributed by atoms with Crippen LogP contribution in [0.2, 0.25) is 0 Å². The molecule has 0 radical (unpaired) electrons. The first-order chi connectivity index (χ1) is 10.3. The maximum Gasteiger partial charge on any atom is 0.407 e. The van der Waals surface area contributed by atoms with E-state index in [1.54, 1.807) is 5.38 Å². The summed E-state index contributed by atoms with van der Waals surface area (Å²) >= 11 is 1.01. The number of carbonyl (C=O) groups is 1. The van der Waals surface area contributed by atoms with Crippen LogP contribution in [0, 0.1) is 0 Å². The Morgan fingerprint density at radius 3 is 2.59 bits per heavy atom. The Morgan fingerprint density at radius 1 is 1.36 bits per heavy atom. The van der Waals surface area contributed by atoms with Gasteiger partial charge in [0.05, 0.1) is 5.60 Å². The molecule has 2 saturated heterocycles. The van der Waals surface area contributed by atoms with Gasteiger partial charge in [0, 0.05) is 31.1 Å². The minimum atomic E-state index is -3.87. The van der Waals surface area contributed by atoms with Crippen molar-refractivity contribution >= 4 is 27.3 Å². The first kappa shape index (κ1) is 15.7. The van der Waals surface area contributed by atoms with Gasteiger partial charge in [-0.25, -0.2) is 18.2 Å². The highest BCUT2D eigenvalue weighted by Gasteiger charge is 2.56. The van der Waals surface area contributed by atoms with E-state index in [0.29, 0.717) is 32.4 Å². The number of rotatable bonds is 2. The molecule has 2 fully saturated rings. The molecule has 122 valence electrons. The molecule has 0 saturated carbocycles. The van der Waals surface area contributed by atoms with Crippen LogP contribution in [0.5, 0.6) is 0 Å². The summed E-state index contributed by atoms with van der Waals surface area (Å²) in [6, 6.07) is 0. The maximum absolute atomic E-state index is 12.6. The smallest absolute Gasteiger partial charge is 0.407 e. The number of sulfone groups is 1. The molecule has 3 N–H and O–H groups in total. The minimum Gasteiger partial charge on any atom is -0.465 e. The summed E-state index contributed by atoms with van der Waals surface area (Å²) in [6.45, 7) is 0.644. The topological polar surface area (TPSA) is 123 Å². The fourth-order valence-electron chi connectivity index (χ4n) is 3.01. The summed E-state index contributed by atoms with van der Waals surface area (Å²) in [6.07, 6.45) is 2.03. The molecule has 1 unspecified atom stereocenters. The number of amides is 1. The van der Waals surface area contributed by atoms with E-state index < -0.39 is 26.6 Å². The van der Waals surface area contributed by atoms with Crippen LogP contribution in [0.3, 0.4) is 0 Å². The second kappa shape index (κ2) is 5.15. The van der Waals surface area contributed by atoms with Crippen molar-refractivity contribution in [3.05, 3.63) is 11.6 Å². The summed E-state index contributed by atoms with van der Waals surface area (Å²) in [4.78, 5) is 16.1. The van der Waals surface area contributed by atoms with Crippen LogP contribution < -0.4 is 5.73 Å². The lowest BCUT2D eigenvalue weighted by atomic mass is 9.89. The van der Waals surface area contributed by atoms with E-state index in [2.05, 4.69) is 4.98 Å². The van der Waals surface area contributed by atoms with Crippen molar-refractivity contribution in [3.63, 3.8) is 0 Å². The van der Waals surface area contributed by atoms with Crippen LogP contribution in [0.25, 0.3) is 0 Å². The molecule has 10 heteroatoms. The van der Waals surface area contributed by atoms with Crippen molar-refractivity contribution in [2.75, 3.05) is 13.1 Å². The number of thiazole rings is 1. The monoisotopic (exact) mass is 347 g/mol. The molecule has 1 aromatic rings. The Hall–Kier alpha value is -1.23. The van der Waals surface area contributed by atoms with Crippen LogP contribution in [-0.2, 0) is 14.6 Å². The fraction of sp³-hybridized carbons (Fsp3) is 0.667. The second-order valence-electron chi connectivity index (χ2n) is 5.67. The predicted octanol–water partition coefficient (Wildman–Crippen LogP) is 0.852. The lowest BCUT2D eigenvalue weighted by molar-refractivity contribution is -0.0883. The molecule has 1 aromatic heterocycles. The quantitative estimate of drug-likeness (QED) is 0.813. The van der Waals surface area contributed by atoms with E-state index in [-0.39, 0.29) is 10.8 Å². The van der Waals surface area contributed by atoms with Crippen LogP contribution in [0.1, 0.15) is 25.7 Å². The van der Waals surface area contributed by atoms with Gasteiger partial charge in [-0.05, 0) is 19.3 Å².